The molecule has 0 radical (unpaired) electrons. The highest BCUT2D eigenvalue weighted by Gasteiger charge is 2.30. The molecule has 0 bridgehead atoms. The van der Waals surface area contributed by atoms with E-state index in [1.54, 1.807) is 18.4 Å². The molecule has 1 aromatic heterocycles. The molecular formula is C14H15N3O2S. The third-order valence-corrected chi connectivity index (χ3v) is 4.54. The van der Waals surface area contributed by atoms with Crippen LogP contribution in [0.2, 0.25) is 0 Å². The fraction of sp³-hybridized carbons (Fsp3) is 0.286. The molecule has 1 amide bonds. The van der Waals surface area contributed by atoms with Gasteiger partial charge in [0.15, 0.2) is 5.13 Å². The van der Waals surface area contributed by atoms with E-state index in [1.807, 2.05) is 31.3 Å². The van der Waals surface area contributed by atoms with Gasteiger partial charge in [-0.1, -0.05) is 23.5 Å². The predicted molar refractivity (Wildman–Crippen MR) is 79.7 cm³/mol. The number of carbonyl (C=O) groups excluding carboxylic acids is 1. The van der Waals surface area contributed by atoms with Gasteiger partial charge in [0.25, 0.3) is 0 Å². The summed E-state index contributed by atoms with van der Waals surface area (Å²) in [5, 5.41) is 6.67. The maximum atomic E-state index is 11.8. The Bertz CT molecular complexity index is 636. The van der Waals surface area contributed by atoms with Crippen LogP contribution in [0.25, 0.3) is 0 Å². The molecule has 0 unspecified atom stereocenters. The van der Waals surface area contributed by atoms with Crippen LogP contribution in [0.4, 0.5) is 10.9 Å². The highest BCUT2D eigenvalue weighted by Crippen LogP contribution is 2.42. The molecule has 1 aliphatic heterocycles. The van der Waals surface area contributed by atoms with Crippen molar-refractivity contribution in [2.75, 3.05) is 24.8 Å². The van der Waals surface area contributed by atoms with Crippen molar-refractivity contribution in [3.63, 3.8) is 0 Å². The molecule has 1 atom stereocenters. The Morgan fingerprint density at radius 2 is 2.15 bits per heavy atom. The normalized spacial score (nSPS) is 17.3. The van der Waals surface area contributed by atoms with Gasteiger partial charge >= 0.3 is 0 Å². The van der Waals surface area contributed by atoms with E-state index in [0.29, 0.717) is 12.2 Å². The highest BCUT2D eigenvalue weighted by atomic mass is 32.1. The van der Waals surface area contributed by atoms with Crippen molar-refractivity contribution in [2.45, 2.75) is 12.3 Å². The summed E-state index contributed by atoms with van der Waals surface area (Å²) >= 11 is 1.58. The lowest BCUT2D eigenvalue weighted by Crippen LogP contribution is -2.22. The number of hydrogen-bond donors (Lipinski definition) is 2. The van der Waals surface area contributed by atoms with Crippen molar-refractivity contribution in [3.05, 3.63) is 34.7 Å². The van der Waals surface area contributed by atoms with Crippen LogP contribution < -0.4 is 15.4 Å². The van der Waals surface area contributed by atoms with Gasteiger partial charge in [-0.2, -0.15) is 0 Å². The summed E-state index contributed by atoms with van der Waals surface area (Å²) in [7, 11) is 3.47. The number of ether oxygens (including phenoxy) is 1. The Morgan fingerprint density at radius 3 is 2.80 bits per heavy atom. The van der Waals surface area contributed by atoms with Crippen LogP contribution in [0, 0.1) is 0 Å². The number of carbonyl (C=O) groups is 1. The minimum absolute atomic E-state index is 0.00581. The van der Waals surface area contributed by atoms with Crippen LogP contribution in [0.1, 0.15) is 22.8 Å². The minimum atomic E-state index is 0.00581. The monoisotopic (exact) mass is 289 g/mol. The van der Waals surface area contributed by atoms with Crippen molar-refractivity contribution in [1.29, 1.82) is 0 Å². The summed E-state index contributed by atoms with van der Waals surface area (Å²) in [6.07, 6.45) is 0.449. The molecule has 0 saturated carbocycles. The van der Waals surface area contributed by atoms with E-state index in [9.17, 15) is 4.79 Å². The maximum Gasteiger partial charge on any atom is 0.226 e. The van der Waals surface area contributed by atoms with Gasteiger partial charge in [-0.15, -0.1) is 0 Å². The van der Waals surface area contributed by atoms with Gasteiger partial charge in [0.05, 0.1) is 12.0 Å². The summed E-state index contributed by atoms with van der Waals surface area (Å²) in [6, 6.07) is 7.85. The number of nitrogens with zero attached hydrogens (tertiary/aromatic N) is 1. The van der Waals surface area contributed by atoms with Crippen molar-refractivity contribution in [2.24, 2.45) is 0 Å². The van der Waals surface area contributed by atoms with Crippen molar-refractivity contribution < 1.29 is 9.53 Å². The molecule has 1 aliphatic rings. The predicted octanol–water partition coefficient (Wildman–Crippen LogP) is 2.67. The first kappa shape index (κ1) is 12.9. The van der Waals surface area contributed by atoms with Crippen molar-refractivity contribution in [1.82, 2.24) is 4.98 Å². The summed E-state index contributed by atoms with van der Waals surface area (Å²) < 4.78 is 5.17. The first-order chi connectivity index (χ1) is 9.71. The van der Waals surface area contributed by atoms with E-state index >= 15 is 0 Å². The van der Waals surface area contributed by atoms with Crippen LogP contribution in [-0.2, 0) is 4.79 Å². The second-order valence-electron chi connectivity index (χ2n) is 4.56. The van der Waals surface area contributed by atoms with E-state index in [-0.39, 0.29) is 11.8 Å². The largest absolute Gasteiger partial charge is 0.497 e. The molecule has 0 spiro atoms. The first-order valence-corrected chi connectivity index (χ1v) is 7.15. The fourth-order valence-corrected chi connectivity index (χ4v) is 3.33. The third-order valence-electron chi connectivity index (χ3n) is 3.35. The van der Waals surface area contributed by atoms with E-state index in [0.717, 1.165) is 21.3 Å². The molecule has 0 aliphatic carbocycles. The second kappa shape index (κ2) is 5.13. The van der Waals surface area contributed by atoms with Crippen LogP contribution in [-0.4, -0.2) is 25.0 Å². The maximum absolute atomic E-state index is 11.8. The summed E-state index contributed by atoms with van der Waals surface area (Å²) in [4.78, 5) is 17.3. The highest BCUT2D eigenvalue weighted by molar-refractivity contribution is 7.16. The number of rotatable bonds is 3. The van der Waals surface area contributed by atoms with Crippen molar-refractivity contribution >= 4 is 28.2 Å². The third kappa shape index (κ3) is 2.22. The second-order valence-corrected chi connectivity index (χ2v) is 5.59. The topological polar surface area (TPSA) is 63.3 Å². The number of anilines is 2. The lowest BCUT2D eigenvalue weighted by atomic mass is 9.91. The average molecular weight is 289 g/mol. The Labute approximate surface area is 121 Å². The van der Waals surface area contributed by atoms with Crippen molar-refractivity contribution in [3.8, 4) is 5.75 Å². The molecule has 3 rings (SSSR count). The number of hydrogen-bond acceptors (Lipinski definition) is 5. The van der Waals surface area contributed by atoms with Gasteiger partial charge < -0.3 is 15.4 Å². The number of thiazole rings is 1. The molecule has 2 aromatic rings. The summed E-state index contributed by atoms with van der Waals surface area (Å²) in [5.41, 5.74) is 1.10. The fourth-order valence-electron chi connectivity index (χ4n) is 2.33. The molecule has 1 aromatic carbocycles. The first-order valence-electron chi connectivity index (χ1n) is 6.33. The Kier molecular flexibility index (Phi) is 3.31. The van der Waals surface area contributed by atoms with Gasteiger partial charge in [0, 0.05) is 19.4 Å². The van der Waals surface area contributed by atoms with Gasteiger partial charge in [0.2, 0.25) is 5.91 Å². The Balaban J connectivity index is 2.00. The van der Waals surface area contributed by atoms with E-state index in [1.165, 1.54) is 0 Å². The number of fused-ring (bicyclic) bond motifs is 1. The SMILES string of the molecule is CNc1nc2c(s1)[C@@H](c1ccc(OC)cc1)CC(=O)N2. The van der Waals surface area contributed by atoms with E-state index in [4.69, 9.17) is 4.74 Å². The zero-order valence-electron chi connectivity index (χ0n) is 11.3. The Morgan fingerprint density at radius 1 is 1.40 bits per heavy atom. The standard InChI is InChI=1S/C14H15N3O2S/c1-15-14-17-13-12(20-14)10(7-11(18)16-13)8-3-5-9(19-2)6-4-8/h3-6,10H,7H2,1-2H3,(H,15,17)(H,16,18)/t10-/m1/s1. The van der Waals surface area contributed by atoms with Gasteiger partial charge in [-0.05, 0) is 17.7 Å². The van der Waals surface area contributed by atoms with Crippen LogP contribution >= 0.6 is 11.3 Å². The van der Waals surface area contributed by atoms with Gasteiger partial charge in [-0.25, -0.2) is 4.98 Å². The minimum Gasteiger partial charge on any atom is -0.497 e. The summed E-state index contributed by atoms with van der Waals surface area (Å²) in [6.45, 7) is 0. The lowest BCUT2D eigenvalue weighted by molar-refractivity contribution is -0.116. The average Bonchev–Trinajstić information content (AvgIpc) is 2.89. The molecule has 0 saturated heterocycles. The van der Waals surface area contributed by atoms with Crippen LogP contribution in [0.15, 0.2) is 24.3 Å². The summed E-state index contributed by atoms with van der Waals surface area (Å²) in [5.74, 6) is 1.56. The quantitative estimate of drug-likeness (QED) is 0.912. The molecule has 5 nitrogen and oxygen atoms in total. The molecular weight excluding hydrogens is 274 g/mol. The molecule has 2 heterocycles. The van der Waals surface area contributed by atoms with Gasteiger partial charge in [0.1, 0.15) is 11.6 Å². The molecule has 20 heavy (non-hydrogen) atoms. The zero-order valence-corrected chi connectivity index (χ0v) is 12.1. The van der Waals surface area contributed by atoms with E-state index in [2.05, 4.69) is 15.6 Å². The van der Waals surface area contributed by atoms with Crippen LogP contribution in [0.3, 0.4) is 0 Å². The molecule has 0 fully saturated rings. The number of aromatic nitrogens is 1. The van der Waals surface area contributed by atoms with Crippen LogP contribution in [0.5, 0.6) is 5.75 Å². The number of methoxy groups -OCH3 is 1. The lowest BCUT2D eigenvalue weighted by Gasteiger charge is -2.21. The molecule has 2 N–H and O–H groups in total. The van der Waals surface area contributed by atoms with Gasteiger partial charge in [-0.3, -0.25) is 4.79 Å². The van der Waals surface area contributed by atoms with E-state index < -0.39 is 0 Å². The zero-order chi connectivity index (χ0) is 14.1. The molecule has 104 valence electrons. The Hall–Kier alpha value is -2.08. The molecule has 6 heteroatoms. The smallest absolute Gasteiger partial charge is 0.226 e. The number of nitrogens with one attached hydrogen (secondary N) is 2. The number of benzene rings is 1. The number of amides is 1.